The lowest BCUT2D eigenvalue weighted by Crippen LogP contribution is -2.54. The minimum Gasteiger partial charge on any atom is -0.496 e. The first-order chi connectivity index (χ1) is 22.3. The molecule has 4 aromatic rings. The molecule has 1 N–H and O–H groups in total. The molecular formula is C34H36Cl2N6O4. The van der Waals surface area contributed by atoms with Crippen LogP contribution in [0.15, 0.2) is 67.0 Å². The van der Waals surface area contributed by atoms with Crippen LogP contribution in [0.4, 0.5) is 0 Å². The van der Waals surface area contributed by atoms with Crippen molar-refractivity contribution >= 4 is 29.1 Å². The number of fused-ring (bicyclic) bond motifs is 2. The lowest BCUT2D eigenvalue weighted by Gasteiger charge is -2.46. The summed E-state index contributed by atoms with van der Waals surface area (Å²) in [5.74, 6) is 0.291. The number of carbonyl (C=O) groups excluding carboxylic acids is 1. The summed E-state index contributed by atoms with van der Waals surface area (Å²) in [6.07, 6.45) is 4.28. The van der Waals surface area contributed by atoms with Crippen molar-refractivity contribution in [2.24, 2.45) is 0 Å². The Bertz CT molecular complexity index is 1730. The van der Waals surface area contributed by atoms with Gasteiger partial charge in [0.2, 0.25) is 0 Å². The van der Waals surface area contributed by atoms with E-state index in [4.69, 9.17) is 32.7 Å². The number of amides is 1. The highest BCUT2D eigenvalue weighted by Gasteiger charge is 2.48. The van der Waals surface area contributed by atoms with Gasteiger partial charge in [0.1, 0.15) is 17.7 Å². The van der Waals surface area contributed by atoms with Crippen LogP contribution in [0.2, 0.25) is 10.0 Å². The zero-order chi connectivity index (χ0) is 31.9. The Morgan fingerprint density at radius 3 is 2.65 bits per heavy atom. The molecule has 1 spiro atoms. The molecule has 3 aromatic carbocycles. The zero-order valence-electron chi connectivity index (χ0n) is 25.6. The Balaban J connectivity index is 1.13. The normalized spacial score (nSPS) is 22.6. The average Bonchev–Trinajstić information content (AvgIpc) is 3.72. The molecular weight excluding hydrogens is 627 g/mol. The second-order valence-electron chi connectivity index (χ2n) is 12.5. The molecule has 0 saturated carbocycles. The van der Waals surface area contributed by atoms with Crippen LogP contribution in [0.5, 0.6) is 5.75 Å². The number of likely N-dealkylation sites (tertiary alicyclic amines) is 1. The van der Waals surface area contributed by atoms with E-state index in [-0.39, 0.29) is 17.4 Å². The molecule has 2 aliphatic heterocycles. The molecule has 240 valence electrons. The lowest BCUT2D eigenvalue weighted by molar-refractivity contribution is -0.114. The molecule has 7 rings (SSSR count). The number of tetrazole rings is 1. The van der Waals surface area contributed by atoms with E-state index in [1.807, 2.05) is 17.0 Å². The summed E-state index contributed by atoms with van der Waals surface area (Å²) in [4.78, 5) is 18.4. The van der Waals surface area contributed by atoms with E-state index in [0.717, 1.165) is 44.5 Å². The molecule has 1 amide bonds. The van der Waals surface area contributed by atoms with Crippen molar-refractivity contribution in [1.29, 1.82) is 0 Å². The molecule has 2 unspecified atom stereocenters. The average molecular weight is 664 g/mol. The van der Waals surface area contributed by atoms with Crippen LogP contribution >= 0.6 is 23.2 Å². The number of carbonyl (C=O) groups is 1. The maximum absolute atomic E-state index is 14.2. The summed E-state index contributed by atoms with van der Waals surface area (Å²) in [7, 11) is 1.55. The fourth-order valence-electron chi connectivity index (χ4n) is 7.55. The van der Waals surface area contributed by atoms with Gasteiger partial charge in [0.25, 0.3) is 5.91 Å². The molecule has 1 aliphatic carbocycles. The third kappa shape index (κ3) is 5.56. The minimum atomic E-state index is -0.808. The summed E-state index contributed by atoms with van der Waals surface area (Å²) >= 11 is 12.9. The van der Waals surface area contributed by atoms with Crippen LogP contribution in [0.1, 0.15) is 46.3 Å². The van der Waals surface area contributed by atoms with Crippen molar-refractivity contribution in [3.63, 3.8) is 0 Å². The molecule has 0 bridgehead atoms. The second kappa shape index (κ2) is 12.6. The second-order valence-corrected chi connectivity index (χ2v) is 13.3. The van der Waals surface area contributed by atoms with Gasteiger partial charge in [-0.25, -0.2) is 4.68 Å². The number of hydrogen-bond acceptors (Lipinski definition) is 8. The van der Waals surface area contributed by atoms with Crippen molar-refractivity contribution in [1.82, 2.24) is 30.0 Å². The van der Waals surface area contributed by atoms with Crippen LogP contribution in [0.25, 0.3) is 5.69 Å². The van der Waals surface area contributed by atoms with Gasteiger partial charge in [0.15, 0.2) is 0 Å². The number of halogens is 2. The molecule has 1 aromatic heterocycles. The number of aliphatic hydroxyl groups excluding tert-OH is 1. The van der Waals surface area contributed by atoms with Gasteiger partial charge in [-0.3, -0.25) is 4.79 Å². The van der Waals surface area contributed by atoms with Crippen molar-refractivity contribution in [3.05, 3.63) is 99.3 Å². The van der Waals surface area contributed by atoms with Crippen molar-refractivity contribution in [2.45, 2.75) is 42.8 Å². The largest absolute Gasteiger partial charge is 0.496 e. The summed E-state index contributed by atoms with van der Waals surface area (Å²) in [6, 6.07) is 19.4. The van der Waals surface area contributed by atoms with E-state index in [1.54, 1.807) is 31.4 Å². The number of piperidine rings is 1. The van der Waals surface area contributed by atoms with Crippen molar-refractivity contribution in [2.75, 3.05) is 46.4 Å². The molecule has 10 nitrogen and oxygen atoms in total. The molecule has 3 aliphatic rings. The maximum Gasteiger partial charge on any atom is 0.257 e. The van der Waals surface area contributed by atoms with Crippen molar-refractivity contribution in [3.8, 4) is 11.4 Å². The predicted octanol–water partition coefficient (Wildman–Crippen LogP) is 4.69. The number of ether oxygens (including phenoxy) is 2. The zero-order valence-corrected chi connectivity index (χ0v) is 27.1. The van der Waals surface area contributed by atoms with E-state index in [1.165, 1.54) is 22.1 Å². The smallest absolute Gasteiger partial charge is 0.257 e. The maximum atomic E-state index is 14.2. The van der Waals surface area contributed by atoms with Gasteiger partial charge in [-0.2, -0.15) is 0 Å². The minimum absolute atomic E-state index is 0.173. The Kier molecular flexibility index (Phi) is 8.50. The number of morpholine rings is 1. The van der Waals surface area contributed by atoms with Gasteiger partial charge >= 0.3 is 0 Å². The Morgan fingerprint density at radius 1 is 1.07 bits per heavy atom. The number of aliphatic hydroxyl groups is 1. The van der Waals surface area contributed by atoms with Gasteiger partial charge in [-0.05, 0) is 96.2 Å². The van der Waals surface area contributed by atoms with Crippen molar-refractivity contribution < 1.29 is 19.4 Å². The Hall–Kier alpha value is -3.54. The molecule has 2 saturated heterocycles. The molecule has 2 fully saturated rings. The highest BCUT2D eigenvalue weighted by atomic mass is 35.5. The molecule has 0 radical (unpaired) electrons. The molecule has 46 heavy (non-hydrogen) atoms. The van der Waals surface area contributed by atoms with Crippen LogP contribution in [0.3, 0.4) is 0 Å². The van der Waals surface area contributed by atoms with Crippen LogP contribution < -0.4 is 4.74 Å². The van der Waals surface area contributed by atoms with Crippen LogP contribution in [-0.2, 0) is 22.2 Å². The number of rotatable bonds is 7. The lowest BCUT2D eigenvalue weighted by atomic mass is 9.72. The first-order valence-electron chi connectivity index (χ1n) is 15.6. The third-order valence-corrected chi connectivity index (χ3v) is 10.9. The number of methoxy groups -OCH3 is 1. The quantitative estimate of drug-likeness (QED) is 0.304. The van der Waals surface area contributed by atoms with Gasteiger partial charge in [-0.15, -0.1) is 5.10 Å². The third-order valence-electron chi connectivity index (χ3n) is 10.1. The standard InChI is InChI=1S/C34H36Cl2N6O4/c1-45-30-9-7-25(42-22-37-38-39-42)20-26(30)32(44)41-16-17-46-34(21-41,24-6-8-28(35)29(36)19-24)12-15-40-13-10-33(11-14-40)27-5-3-2-4-23(27)18-31(33)43/h2-9,19-20,22,31,43H,10-18,21H2,1H3. The van der Waals surface area contributed by atoms with E-state index in [2.05, 4.69) is 44.7 Å². The molecule has 3 heterocycles. The van der Waals surface area contributed by atoms with E-state index in [9.17, 15) is 9.90 Å². The fraction of sp³-hybridized carbons (Fsp3) is 0.412. The molecule has 12 heteroatoms. The van der Waals surface area contributed by atoms with E-state index in [0.29, 0.717) is 53.2 Å². The summed E-state index contributed by atoms with van der Waals surface area (Å²) in [5.41, 5.74) is 3.52. The first kappa shape index (κ1) is 31.1. The van der Waals surface area contributed by atoms with Crippen LogP contribution in [-0.4, -0.2) is 93.6 Å². The Labute approximate surface area is 277 Å². The number of aromatic nitrogens is 4. The Morgan fingerprint density at radius 2 is 1.89 bits per heavy atom. The monoisotopic (exact) mass is 662 g/mol. The fourth-order valence-corrected chi connectivity index (χ4v) is 7.85. The van der Waals surface area contributed by atoms with Gasteiger partial charge in [0.05, 0.1) is 47.7 Å². The number of hydrogen-bond donors (Lipinski definition) is 1. The summed E-state index contributed by atoms with van der Waals surface area (Å²) < 4.78 is 13.7. The van der Waals surface area contributed by atoms with E-state index >= 15 is 0 Å². The first-order valence-corrected chi connectivity index (χ1v) is 16.4. The van der Waals surface area contributed by atoms with Gasteiger partial charge in [0, 0.05) is 18.5 Å². The topological polar surface area (TPSA) is 106 Å². The van der Waals surface area contributed by atoms with Gasteiger partial charge < -0.3 is 24.4 Å². The SMILES string of the molecule is COc1ccc(-n2cnnn2)cc1C(=O)N1CCOC(CCN2CCC3(CC2)c2ccccc2CC3O)(c2ccc(Cl)c(Cl)c2)C1. The summed E-state index contributed by atoms with van der Waals surface area (Å²) in [6.45, 7) is 3.59. The highest BCUT2D eigenvalue weighted by Crippen LogP contribution is 2.47. The number of nitrogens with zero attached hydrogens (tertiary/aromatic N) is 6. The number of benzene rings is 3. The molecule has 2 atom stereocenters. The highest BCUT2D eigenvalue weighted by molar-refractivity contribution is 6.42. The van der Waals surface area contributed by atoms with Gasteiger partial charge in [-0.1, -0.05) is 53.5 Å². The van der Waals surface area contributed by atoms with E-state index < -0.39 is 5.60 Å². The summed E-state index contributed by atoms with van der Waals surface area (Å²) in [5, 5.41) is 23.5. The predicted molar refractivity (Wildman–Crippen MR) is 174 cm³/mol. The van der Waals surface area contributed by atoms with Crippen LogP contribution in [0, 0.1) is 0 Å².